The van der Waals surface area contributed by atoms with Crippen molar-refractivity contribution in [1.82, 2.24) is 5.16 Å². The normalized spacial score (nSPS) is 11.2. The highest BCUT2D eigenvalue weighted by Gasteiger charge is 2.19. The van der Waals surface area contributed by atoms with Crippen LogP contribution in [0.3, 0.4) is 0 Å². The zero-order chi connectivity index (χ0) is 13.3. The van der Waals surface area contributed by atoms with E-state index in [-0.39, 0.29) is 5.82 Å². The topological polar surface area (TPSA) is 52.0 Å². The molecule has 0 aliphatic rings. The molecule has 0 radical (unpaired) electrons. The van der Waals surface area contributed by atoms with Crippen molar-refractivity contribution in [2.75, 3.05) is 5.73 Å². The highest BCUT2D eigenvalue weighted by Crippen LogP contribution is 2.33. The molecule has 0 unspecified atom stereocenters. The van der Waals surface area contributed by atoms with Gasteiger partial charge in [-0.25, -0.2) is 4.39 Å². The third-order valence-electron chi connectivity index (χ3n) is 2.60. The number of hydrogen-bond donors (Lipinski definition) is 1. The summed E-state index contributed by atoms with van der Waals surface area (Å²) >= 11 is 3.32. The summed E-state index contributed by atoms with van der Waals surface area (Å²) in [7, 11) is 0. The average Bonchev–Trinajstić information content (AvgIpc) is 2.64. The van der Waals surface area contributed by atoms with Gasteiger partial charge in [0.1, 0.15) is 5.82 Å². The lowest BCUT2D eigenvalue weighted by Crippen LogP contribution is -1.99. The Morgan fingerprint density at radius 3 is 2.83 bits per heavy atom. The van der Waals surface area contributed by atoms with Crippen LogP contribution in [-0.2, 0) is 6.42 Å². The number of benzene rings is 1. The number of anilines is 1. The van der Waals surface area contributed by atoms with Crippen molar-refractivity contribution in [1.29, 1.82) is 0 Å². The third kappa shape index (κ3) is 2.56. The Labute approximate surface area is 113 Å². The SMILES string of the molecule is CC(C)Cc1c(N)noc1-c1cc(Br)ccc1F. The largest absolute Gasteiger partial charge is 0.381 e. The van der Waals surface area contributed by atoms with E-state index in [4.69, 9.17) is 10.3 Å². The maximum atomic E-state index is 13.8. The summed E-state index contributed by atoms with van der Waals surface area (Å²) in [6.07, 6.45) is 0.705. The van der Waals surface area contributed by atoms with Crippen molar-refractivity contribution in [2.24, 2.45) is 5.92 Å². The molecule has 0 saturated carbocycles. The van der Waals surface area contributed by atoms with E-state index >= 15 is 0 Å². The molecule has 96 valence electrons. The Hall–Kier alpha value is -1.36. The Bertz CT molecular complexity index is 566. The van der Waals surface area contributed by atoms with Crippen LogP contribution in [0.1, 0.15) is 19.4 Å². The summed E-state index contributed by atoms with van der Waals surface area (Å²) in [4.78, 5) is 0. The molecule has 0 bridgehead atoms. The maximum absolute atomic E-state index is 13.8. The van der Waals surface area contributed by atoms with Crippen LogP contribution in [0, 0.1) is 11.7 Å². The Kier molecular flexibility index (Phi) is 3.71. The van der Waals surface area contributed by atoms with Gasteiger partial charge < -0.3 is 10.3 Å². The molecule has 2 aromatic rings. The first-order chi connectivity index (χ1) is 8.49. The lowest BCUT2D eigenvalue weighted by Gasteiger charge is -2.06. The molecule has 2 N–H and O–H groups in total. The van der Waals surface area contributed by atoms with Crippen molar-refractivity contribution in [3.63, 3.8) is 0 Å². The van der Waals surface area contributed by atoms with Gasteiger partial charge in [0, 0.05) is 10.0 Å². The van der Waals surface area contributed by atoms with Gasteiger partial charge >= 0.3 is 0 Å². The van der Waals surface area contributed by atoms with Crippen molar-refractivity contribution in [3.8, 4) is 11.3 Å². The second kappa shape index (κ2) is 5.10. The number of hydrogen-bond acceptors (Lipinski definition) is 3. The number of aromatic nitrogens is 1. The fourth-order valence-electron chi connectivity index (χ4n) is 1.81. The van der Waals surface area contributed by atoms with E-state index in [0.29, 0.717) is 29.5 Å². The number of rotatable bonds is 3. The van der Waals surface area contributed by atoms with E-state index in [0.717, 1.165) is 10.0 Å². The minimum atomic E-state index is -0.348. The van der Waals surface area contributed by atoms with Crippen molar-refractivity contribution in [3.05, 3.63) is 34.1 Å². The number of halogens is 2. The highest BCUT2D eigenvalue weighted by atomic mass is 79.9. The van der Waals surface area contributed by atoms with Crippen LogP contribution < -0.4 is 5.73 Å². The summed E-state index contributed by atoms with van der Waals surface area (Å²) in [5, 5.41) is 3.74. The lowest BCUT2D eigenvalue weighted by atomic mass is 9.99. The predicted octanol–water partition coefficient (Wildman–Crippen LogP) is 4.02. The summed E-state index contributed by atoms with van der Waals surface area (Å²) in [5.74, 6) is 0.790. The summed E-state index contributed by atoms with van der Waals surface area (Å²) < 4.78 is 19.8. The molecule has 0 amide bonds. The first-order valence-electron chi connectivity index (χ1n) is 5.68. The highest BCUT2D eigenvalue weighted by molar-refractivity contribution is 9.10. The van der Waals surface area contributed by atoms with E-state index in [1.807, 2.05) is 0 Å². The summed E-state index contributed by atoms with van der Waals surface area (Å²) in [6, 6.07) is 4.69. The van der Waals surface area contributed by atoms with Gasteiger partial charge in [0.05, 0.1) is 5.56 Å². The molecule has 0 spiro atoms. The van der Waals surface area contributed by atoms with Crippen LogP contribution in [0.25, 0.3) is 11.3 Å². The minimum absolute atomic E-state index is 0.332. The molecule has 1 heterocycles. The van der Waals surface area contributed by atoms with Gasteiger partial charge in [-0.15, -0.1) is 0 Å². The van der Waals surface area contributed by atoms with E-state index in [2.05, 4.69) is 34.9 Å². The van der Waals surface area contributed by atoms with Gasteiger partial charge in [0.25, 0.3) is 0 Å². The van der Waals surface area contributed by atoms with Crippen molar-refractivity contribution >= 4 is 21.7 Å². The molecule has 2 rings (SSSR count). The van der Waals surface area contributed by atoms with E-state index in [9.17, 15) is 4.39 Å². The van der Waals surface area contributed by atoms with Crippen LogP contribution in [0.5, 0.6) is 0 Å². The molecule has 1 aromatic heterocycles. The molecule has 0 atom stereocenters. The number of nitrogen functional groups attached to an aromatic ring is 1. The summed E-state index contributed by atoms with van der Waals surface area (Å²) in [5.41, 5.74) is 6.92. The molecular formula is C13H14BrFN2O. The zero-order valence-corrected chi connectivity index (χ0v) is 11.8. The first-order valence-corrected chi connectivity index (χ1v) is 6.47. The standard InChI is InChI=1S/C13H14BrFN2O/c1-7(2)5-10-12(18-17-13(10)16)9-6-8(14)3-4-11(9)15/h3-4,6-7H,5H2,1-2H3,(H2,16,17). The lowest BCUT2D eigenvalue weighted by molar-refractivity contribution is 0.432. The molecule has 0 saturated heterocycles. The molecule has 0 fully saturated rings. The average molecular weight is 313 g/mol. The number of nitrogens with two attached hydrogens (primary N) is 1. The molecule has 0 aliphatic heterocycles. The molecule has 3 nitrogen and oxygen atoms in total. The molecule has 1 aromatic carbocycles. The van der Waals surface area contributed by atoms with E-state index < -0.39 is 0 Å². The predicted molar refractivity (Wildman–Crippen MR) is 72.6 cm³/mol. The summed E-state index contributed by atoms with van der Waals surface area (Å²) in [6.45, 7) is 4.13. The van der Waals surface area contributed by atoms with Crippen molar-refractivity contribution < 1.29 is 8.91 Å². The van der Waals surface area contributed by atoms with Crippen LogP contribution in [0.2, 0.25) is 0 Å². The monoisotopic (exact) mass is 312 g/mol. The van der Waals surface area contributed by atoms with Gasteiger partial charge in [-0.1, -0.05) is 34.9 Å². The van der Waals surface area contributed by atoms with Gasteiger partial charge in [0.15, 0.2) is 11.6 Å². The van der Waals surface area contributed by atoms with Gasteiger partial charge in [0.2, 0.25) is 0 Å². The van der Waals surface area contributed by atoms with Crippen LogP contribution in [-0.4, -0.2) is 5.16 Å². The quantitative estimate of drug-likeness (QED) is 0.931. The Balaban J connectivity index is 2.53. The second-order valence-electron chi connectivity index (χ2n) is 4.60. The van der Waals surface area contributed by atoms with Crippen LogP contribution >= 0.6 is 15.9 Å². The van der Waals surface area contributed by atoms with Gasteiger partial charge in [-0.05, 0) is 30.5 Å². The molecule has 18 heavy (non-hydrogen) atoms. The molecule has 0 aliphatic carbocycles. The minimum Gasteiger partial charge on any atom is -0.381 e. The smallest absolute Gasteiger partial charge is 0.175 e. The Morgan fingerprint density at radius 1 is 1.44 bits per heavy atom. The number of nitrogens with zero attached hydrogens (tertiary/aromatic N) is 1. The molecule has 5 heteroatoms. The van der Waals surface area contributed by atoms with Gasteiger partial charge in [-0.3, -0.25) is 0 Å². The zero-order valence-electron chi connectivity index (χ0n) is 10.2. The maximum Gasteiger partial charge on any atom is 0.175 e. The van der Waals surface area contributed by atoms with Gasteiger partial charge in [-0.2, -0.15) is 0 Å². The fraction of sp³-hybridized carbons (Fsp3) is 0.308. The van der Waals surface area contributed by atoms with Crippen LogP contribution in [0.15, 0.2) is 27.2 Å². The fourth-order valence-corrected chi connectivity index (χ4v) is 2.17. The molecular weight excluding hydrogens is 299 g/mol. The third-order valence-corrected chi connectivity index (χ3v) is 3.10. The van der Waals surface area contributed by atoms with Crippen molar-refractivity contribution in [2.45, 2.75) is 20.3 Å². The van der Waals surface area contributed by atoms with E-state index in [1.54, 1.807) is 12.1 Å². The van der Waals surface area contributed by atoms with E-state index in [1.165, 1.54) is 6.07 Å². The first kappa shape index (κ1) is 13.1. The Morgan fingerprint density at radius 2 is 2.17 bits per heavy atom. The second-order valence-corrected chi connectivity index (χ2v) is 5.51. The van der Waals surface area contributed by atoms with Crippen LogP contribution in [0.4, 0.5) is 10.2 Å².